The van der Waals surface area contributed by atoms with Crippen molar-refractivity contribution < 1.29 is 23.1 Å². The minimum atomic E-state index is -4.01. The maximum Gasteiger partial charge on any atom is 0.321 e. The molecule has 0 bridgehead atoms. The van der Waals surface area contributed by atoms with Gasteiger partial charge in [0.1, 0.15) is 6.04 Å². The number of amides is 1. The molecule has 1 aromatic rings. The van der Waals surface area contributed by atoms with Gasteiger partial charge in [-0.05, 0) is 37.5 Å². The first kappa shape index (κ1) is 18.4. The fourth-order valence-electron chi connectivity index (χ4n) is 2.20. The second kappa shape index (κ2) is 7.76. The summed E-state index contributed by atoms with van der Waals surface area (Å²) >= 11 is 0. The third-order valence-corrected chi connectivity index (χ3v) is 5.23. The van der Waals surface area contributed by atoms with Crippen molar-refractivity contribution in [3.8, 4) is 0 Å². The molecule has 7 nitrogen and oxygen atoms in total. The Balaban J connectivity index is 2.15. The van der Waals surface area contributed by atoms with Gasteiger partial charge >= 0.3 is 5.97 Å². The van der Waals surface area contributed by atoms with Crippen LogP contribution in [0.15, 0.2) is 29.2 Å². The van der Waals surface area contributed by atoms with E-state index in [9.17, 15) is 18.0 Å². The number of carboxylic acids is 1. The molecule has 1 aliphatic carbocycles. The maximum absolute atomic E-state index is 12.4. The van der Waals surface area contributed by atoms with Gasteiger partial charge in [0.2, 0.25) is 10.0 Å². The number of benzene rings is 1. The lowest BCUT2D eigenvalue weighted by Crippen LogP contribution is -2.40. The number of unbranched alkanes of at least 4 members (excludes halogenated alkanes) is 1. The van der Waals surface area contributed by atoms with Gasteiger partial charge in [-0.1, -0.05) is 25.8 Å². The summed E-state index contributed by atoms with van der Waals surface area (Å²) in [4.78, 5) is 23.1. The number of nitrogens with one attached hydrogen (secondary N) is 2. The molecule has 1 aromatic carbocycles. The molecule has 0 aliphatic heterocycles. The highest BCUT2D eigenvalue weighted by atomic mass is 32.2. The van der Waals surface area contributed by atoms with Crippen molar-refractivity contribution >= 4 is 21.9 Å². The van der Waals surface area contributed by atoms with Crippen LogP contribution in [-0.2, 0) is 14.8 Å². The Labute approximate surface area is 141 Å². The summed E-state index contributed by atoms with van der Waals surface area (Å²) in [6.45, 7) is 1.90. The first-order valence-corrected chi connectivity index (χ1v) is 9.48. The zero-order valence-electron chi connectivity index (χ0n) is 13.5. The second-order valence-corrected chi connectivity index (χ2v) is 7.64. The predicted molar refractivity (Wildman–Crippen MR) is 88.2 cm³/mol. The molecule has 8 heteroatoms. The highest BCUT2D eigenvalue weighted by molar-refractivity contribution is 7.89. The van der Waals surface area contributed by atoms with Crippen molar-refractivity contribution in [2.75, 3.05) is 0 Å². The first-order valence-electron chi connectivity index (χ1n) is 7.99. The van der Waals surface area contributed by atoms with Gasteiger partial charge in [0, 0.05) is 11.6 Å². The molecule has 0 spiro atoms. The molecule has 2 rings (SSSR count). The largest absolute Gasteiger partial charge is 0.480 e. The summed E-state index contributed by atoms with van der Waals surface area (Å²) < 4.78 is 27.0. The first-order chi connectivity index (χ1) is 11.3. The summed E-state index contributed by atoms with van der Waals surface area (Å²) in [5, 5.41) is 12.0. The molecule has 1 amide bonds. The quantitative estimate of drug-likeness (QED) is 0.622. The molecule has 0 aromatic heterocycles. The zero-order valence-corrected chi connectivity index (χ0v) is 14.3. The van der Waals surface area contributed by atoms with E-state index >= 15 is 0 Å². The molecule has 0 radical (unpaired) electrons. The topological polar surface area (TPSA) is 113 Å². The summed E-state index contributed by atoms with van der Waals surface area (Å²) in [6.07, 6.45) is 3.45. The van der Waals surface area contributed by atoms with Crippen molar-refractivity contribution in [2.45, 2.75) is 56.0 Å². The maximum atomic E-state index is 12.4. The van der Waals surface area contributed by atoms with Gasteiger partial charge in [-0.15, -0.1) is 0 Å². The van der Waals surface area contributed by atoms with Gasteiger partial charge in [0.25, 0.3) is 5.91 Å². The number of rotatable bonds is 9. The zero-order chi connectivity index (χ0) is 17.7. The highest BCUT2D eigenvalue weighted by Gasteiger charge is 2.27. The standard InChI is InChI=1S/C16H22N2O5S/c1-2-3-7-14(16(20)21)18-24(22,23)13-6-4-5-11(10-13)15(19)17-12-8-9-12/h4-6,10,12,14,18H,2-3,7-9H2,1H3,(H,17,19)(H,20,21). The fraction of sp³-hybridized carbons (Fsp3) is 0.500. The molecule has 0 saturated heterocycles. The lowest BCUT2D eigenvalue weighted by molar-refractivity contribution is -0.139. The van der Waals surface area contributed by atoms with Crippen molar-refractivity contribution in [1.82, 2.24) is 10.0 Å². The minimum Gasteiger partial charge on any atom is -0.480 e. The van der Waals surface area contributed by atoms with Crippen LogP contribution in [-0.4, -0.2) is 37.5 Å². The number of sulfonamides is 1. The number of hydrogen-bond donors (Lipinski definition) is 3. The number of carboxylic acid groups (broad SMARTS) is 1. The Kier molecular flexibility index (Phi) is 5.95. The Bertz CT molecular complexity index is 713. The number of carbonyl (C=O) groups is 2. The van der Waals surface area contributed by atoms with E-state index < -0.39 is 22.0 Å². The van der Waals surface area contributed by atoms with E-state index in [2.05, 4.69) is 10.0 Å². The Morgan fingerprint density at radius 3 is 2.62 bits per heavy atom. The lowest BCUT2D eigenvalue weighted by Gasteiger charge is -2.15. The average molecular weight is 354 g/mol. The van der Waals surface area contributed by atoms with Crippen molar-refractivity contribution in [1.29, 1.82) is 0 Å². The van der Waals surface area contributed by atoms with Crippen LogP contribution in [0, 0.1) is 0 Å². The lowest BCUT2D eigenvalue weighted by atomic mass is 10.1. The molecule has 24 heavy (non-hydrogen) atoms. The predicted octanol–water partition coefficient (Wildman–Crippen LogP) is 1.50. The van der Waals surface area contributed by atoms with Crippen LogP contribution in [0.4, 0.5) is 0 Å². The van der Waals surface area contributed by atoms with Crippen molar-refractivity contribution in [2.24, 2.45) is 0 Å². The van der Waals surface area contributed by atoms with Gasteiger partial charge in [-0.3, -0.25) is 9.59 Å². The smallest absolute Gasteiger partial charge is 0.321 e. The van der Waals surface area contributed by atoms with Gasteiger partial charge in [0.05, 0.1) is 4.90 Å². The van der Waals surface area contributed by atoms with Crippen LogP contribution in [0.5, 0.6) is 0 Å². The molecule has 1 fully saturated rings. The molecule has 1 saturated carbocycles. The van der Waals surface area contributed by atoms with Gasteiger partial charge in [-0.2, -0.15) is 4.72 Å². The van der Waals surface area contributed by atoms with E-state index in [0.29, 0.717) is 6.42 Å². The summed E-state index contributed by atoms with van der Waals surface area (Å²) in [6, 6.07) is 4.59. The summed E-state index contributed by atoms with van der Waals surface area (Å²) in [7, 11) is -4.01. The molecule has 0 heterocycles. The second-order valence-electron chi connectivity index (χ2n) is 5.93. The SMILES string of the molecule is CCCCC(NS(=O)(=O)c1cccc(C(=O)NC2CC2)c1)C(=O)O. The van der Waals surface area contributed by atoms with Gasteiger partial charge in [-0.25, -0.2) is 8.42 Å². The van der Waals surface area contributed by atoms with Crippen LogP contribution < -0.4 is 10.0 Å². The average Bonchev–Trinajstić information content (AvgIpc) is 3.35. The van der Waals surface area contributed by atoms with E-state index in [4.69, 9.17) is 5.11 Å². The molecular formula is C16H22N2O5S. The third kappa shape index (κ3) is 5.04. The summed E-state index contributed by atoms with van der Waals surface area (Å²) in [5.74, 6) is -1.54. The number of carbonyl (C=O) groups excluding carboxylic acids is 1. The van der Waals surface area contributed by atoms with Crippen LogP contribution in [0.25, 0.3) is 0 Å². The van der Waals surface area contributed by atoms with E-state index in [1.165, 1.54) is 24.3 Å². The third-order valence-electron chi connectivity index (χ3n) is 3.76. The van der Waals surface area contributed by atoms with E-state index in [1.807, 2.05) is 6.92 Å². The normalized spacial score (nSPS) is 15.7. The van der Waals surface area contributed by atoms with Crippen LogP contribution in [0.3, 0.4) is 0 Å². The number of aliphatic carboxylic acids is 1. The monoisotopic (exact) mass is 354 g/mol. The van der Waals surface area contributed by atoms with E-state index in [-0.39, 0.29) is 28.8 Å². The summed E-state index contributed by atoms with van der Waals surface area (Å²) in [5.41, 5.74) is 0.241. The fourth-order valence-corrected chi connectivity index (χ4v) is 3.47. The van der Waals surface area contributed by atoms with E-state index in [0.717, 1.165) is 19.3 Å². The molecule has 1 unspecified atom stereocenters. The van der Waals surface area contributed by atoms with Crippen molar-refractivity contribution in [3.05, 3.63) is 29.8 Å². The van der Waals surface area contributed by atoms with Crippen LogP contribution in [0.1, 0.15) is 49.4 Å². The number of hydrogen-bond acceptors (Lipinski definition) is 4. The van der Waals surface area contributed by atoms with Crippen LogP contribution in [0.2, 0.25) is 0 Å². The Hall–Kier alpha value is -1.93. The molecular weight excluding hydrogens is 332 g/mol. The van der Waals surface area contributed by atoms with E-state index in [1.54, 1.807) is 0 Å². The molecule has 132 valence electrons. The van der Waals surface area contributed by atoms with Gasteiger partial charge in [0.15, 0.2) is 0 Å². The Morgan fingerprint density at radius 2 is 2.04 bits per heavy atom. The highest BCUT2D eigenvalue weighted by Crippen LogP contribution is 2.20. The van der Waals surface area contributed by atoms with Crippen LogP contribution >= 0.6 is 0 Å². The van der Waals surface area contributed by atoms with Gasteiger partial charge < -0.3 is 10.4 Å². The molecule has 1 atom stereocenters. The molecule has 3 N–H and O–H groups in total. The molecule has 1 aliphatic rings. The minimum absolute atomic E-state index is 0.117. The van der Waals surface area contributed by atoms with Crippen molar-refractivity contribution in [3.63, 3.8) is 0 Å². The Morgan fingerprint density at radius 1 is 1.33 bits per heavy atom.